The number of rotatable bonds is 0. The first kappa shape index (κ1) is 6.42. The van der Waals surface area contributed by atoms with E-state index in [4.69, 9.17) is 11.6 Å². The molecule has 0 aliphatic carbocycles. The second kappa shape index (κ2) is 2.39. The largest absolute Gasteiger partial charge is 0.232 e. The predicted octanol–water partition coefficient (Wildman–Crippen LogP) is 1.07. The first-order chi connectivity index (χ1) is 5.36. The third-order valence-electron chi connectivity index (χ3n) is 1.17. The van der Waals surface area contributed by atoms with E-state index in [0.717, 1.165) is 0 Å². The van der Waals surface area contributed by atoms with E-state index in [1.54, 1.807) is 12.4 Å². The third kappa shape index (κ3) is 1.12. The Morgan fingerprint density at radius 3 is 2.55 bits per heavy atom. The Morgan fingerprint density at radius 2 is 1.73 bits per heavy atom. The van der Waals surface area contributed by atoms with Crippen LogP contribution in [0.25, 0.3) is 11.3 Å². The number of nitrogens with zero attached hydrogens (tertiary/aromatic N) is 4. The van der Waals surface area contributed by atoms with Gasteiger partial charge in [-0.2, -0.15) is 0 Å². The molecule has 0 aromatic carbocycles. The molecule has 0 radical (unpaired) electrons. The summed E-state index contributed by atoms with van der Waals surface area (Å²) in [7, 11) is 0. The average Bonchev–Trinajstić information content (AvgIpc) is 2.04. The van der Waals surface area contributed by atoms with E-state index >= 15 is 0 Å². The van der Waals surface area contributed by atoms with Gasteiger partial charge in [0.2, 0.25) is 0 Å². The SMILES string of the molecule is Clc1cnc2nccnc2n1. The minimum Gasteiger partial charge on any atom is -0.232 e. The van der Waals surface area contributed by atoms with Gasteiger partial charge < -0.3 is 0 Å². The molecule has 0 amide bonds. The van der Waals surface area contributed by atoms with Crippen LogP contribution in [0.5, 0.6) is 0 Å². The van der Waals surface area contributed by atoms with Gasteiger partial charge in [-0.05, 0) is 0 Å². The van der Waals surface area contributed by atoms with E-state index < -0.39 is 0 Å². The number of aromatic nitrogens is 4. The van der Waals surface area contributed by atoms with Gasteiger partial charge in [-0.15, -0.1) is 0 Å². The molecule has 0 fully saturated rings. The fourth-order valence-electron chi connectivity index (χ4n) is 0.738. The zero-order valence-corrected chi connectivity index (χ0v) is 6.15. The molecule has 2 aromatic heterocycles. The van der Waals surface area contributed by atoms with Gasteiger partial charge in [0.25, 0.3) is 0 Å². The van der Waals surface area contributed by atoms with Crippen LogP contribution in [-0.4, -0.2) is 19.9 Å². The van der Waals surface area contributed by atoms with Crippen molar-refractivity contribution in [2.45, 2.75) is 0 Å². The van der Waals surface area contributed by atoms with Gasteiger partial charge in [0.05, 0.1) is 6.20 Å². The molecule has 11 heavy (non-hydrogen) atoms. The van der Waals surface area contributed by atoms with E-state index in [2.05, 4.69) is 19.9 Å². The number of hydrogen-bond donors (Lipinski definition) is 0. The van der Waals surface area contributed by atoms with Gasteiger partial charge in [-0.3, -0.25) is 0 Å². The van der Waals surface area contributed by atoms with E-state index in [1.165, 1.54) is 6.20 Å². The predicted molar refractivity (Wildman–Crippen MR) is 40.1 cm³/mol. The molecular formula is C6H3ClN4. The van der Waals surface area contributed by atoms with E-state index in [0.29, 0.717) is 16.4 Å². The Balaban J connectivity index is 2.83. The number of fused-ring (bicyclic) bond motifs is 1. The van der Waals surface area contributed by atoms with E-state index in [9.17, 15) is 0 Å². The minimum absolute atomic E-state index is 0.331. The second-order valence-corrected chi connectivity index (χ2v) is 2.28. The topological polar surface area (TPSA) is 51.6 Å². The van der Waals surface area contributed by atoms with Gasteiger partial charge in [-0.1, -0.05) is 11.6 Å². The van der Waals surface area contributed by atoms with Crippen LogP contribution in [0.2, 0.25) is 5.15 Å². The fraction of sp³-hybridized carbons (Fsp3) is 0. The Hall–Kier alpha value is -1.29. The van der Waals surface area contributed by atoms with Crippen LogP contribution in [-0.2, 0) is 0 Å². The summed E-state index contributed by atoms with van der Waals surface area (Å²) in [5, 5.41) is 0.331. The fourth-order valence-corrected chi connectivity index (χ4v) is 0.867. The third-order valence-corrected chi connectivity index (χ3v) is 1.35. The van der Waals surface area contributed by atoms with Gasteiger partial charge in [-0.25, -0.2) is 19.9 Å². The maximum atomic E-state index is 5.58. The molecule has 4 nitrogen and oxygen atoms in total. The first-order valence-electron chi connectivity index (χ1n) is 2.95. The van der Waals surface area contributed by atoms with Gasteiger partial charge in [0.1, 0.15) is 5.15 Å². The molecule has 0 saturated heterocycles. The maximum absolute atomic E-state index is 5.58. The van der Waals surface area contributed by atoms with E-state index in [-0.39, 0.29) is 0 Å². The number of hydrogen-bond acceptors (Lipinski definition) is 4. The molecule has 2 heterocycles. The Kier molecular flexibility index (Phi) is 1.40. The molecular weight excluding hydrogens is 164 g/mol. The van der Waals surface area contributed by atoms with Crippen LogP contribution in [0.4, 0.5) is 0 Å². The van der Waals surface area contributed by atoms with Crippen molar-refractivity contribution in [3.05, 3.63) is 23.7 Å². The summed E-state index contributed by atoms with van der Waals surface area (Å²) in [6, 6.07) is 0. The lowest BCUT2D eigenvalue weighted by Crippen LogP contribution is -1.88. The van der Waals surface area contributed by atoms with Crippen molar-refractivity contribution in [2.24, 2.45) is 0 Å². The molecule has 0 N–H and O–H groups in total. The second-order valence-electron chi connectivity index (χ2n) is 1.90. The van der Waals surface area contributed by atoms with Crippen molar-refractivity contribution >= 4 is 22.9 Å². The average molecular weight is 167 g/mol. The highest BCUT2D eigenvalue weighted by Gasteiger charge is 1.96. The van der Waals surface area contributed by atoms with Crippen molar-refractivity contribution in [3.8, 4) is 0 Å². The smallest absolute Gasteiger partial charge is 0.199 e. The standard InChI is InChI=1S/C6H3ClN4/c7-4-3-10-5-6(11-4)9-2-1-8-5/h1-3H. The number of halogens is 1. The summed E-state index contributed by atoms with van der Waals surface area (Å²) >= 11 is 5.58. The van der Waals surface area contributed by atoms with Crippen LogP contribution in [0.1, 0.15) is 0 Å². The highest BCUT2D eigenvalue weighted by molar-refractivity contribution is 6.29. The maximum Gasteiger partial charge on any atom is 0.199 e. The lowest BCUT2D eigenvalue weighted by Gasteiger charge is -1.91. The van der Waals surface area contributed by atoms with Crippen molar-refractivity contribution in [1.29, 1.82) is 0 Å². The van der Waals surface area contributed by atoms with Gasteiger partial charge in [0.15, 0.2) is 11.3 Å². The Morgan fingerprint density at radius 1 is 1.00 bits per heavy atom. The molecule has 0 aliphatic rings. The molecule has 0 saturated carbocycles. The van der Waals surface area contributed by atoms with Crippen molar-refractivity contribution in [2.75, 3.05) is 0 Å². The highest BCUT2D eigenvalue weighted by atomic mass is 35.5. The monoisotopic (exact) mass is 166 g/mol. The summed E-state index contributed by atoms with van der Waals surface area (Å²) in [6.45, 7) is 0. The molecule has 0 aliphatic heterocycles. The molecule has 5 heteroatoms. The minimum atomic E-state index is 0.331. The van der Waals surface area contributed by atoms with Gasteiger partial charge in [0, 0.05) is 12.4 Å². The zero-order valence-electron chi connectivity index (χ0n) is 5.40. The van der Waals surface area contributed by atoms with Crippen LogP contribution >= 0.6 is 11.6 Å². The lowest BCUT2D eigenvalue weighted by molar-refractivity contribution is 1.16. The van der Waals surface area contributed by atoms with Crippen LogP contribution in [0.3, 0.4) is 0 Å². The summed E-state index contributed by atoms with van der Waals surface area (Å²) in [5.41, 5.74) is 0.983. The Labute approximate surface area is 67.3 Å². The molecule has 2 rings (SSSR count). The molecule has 0 spiro atoms. The summed E-state index contributed by atoms with van der Waals surface area (Å²) in [6.07, 6.45) is 4.55. The molecule has 0 unspecified atom stereocenters. The molecule has 0 atom stereocenters. The Bertz CT molecular complexity index is 389. The van der Waals surface area contributed by atoms with Crippen molar-refractivity contribution in [1.82, 2.24) is 19.9 Å². The summed E-state index contributed by atoms with van der Waals surface area (Å²) in [5.74, 6) is 0. The van der Waals surface area contributed by atoms with Crippen LogP contribution in [0, 0.1) is 0 Å². The lowest BCUT2D eigenvalue weighted by atomic mass is 10.6. The molecule has 2 aromatic rings. The van der Waals surface area contributed by atoms with Crippen molar-refractivity contribution in [3.63, 3.8) is 0 Å². The van der Waals surface area contributed by atoms with Crippen LogP contribution < -0.4 is 0 Å². The van der Waals surface area contributed by atoms with Gasteiger partial charge >= 0.3 is 0 Å². The zero-order chi connectivity index (χ0) is 7.68. The highest BCUT2D eigenvalue weighted by Crippen LogP contribution is 2.05. The van der Waals surface area contributed by atoms with E-state index in [1.807, 2.05) is 0 Å². The van der Waals surface area contributed by atoms with Crippen molar-refractivity contribution < 1.29 is 0 Å². The summed E-state index contributed by atoms with van der Waals surface area (Å²) < 4.78 is 0. The normalized spacial score (nSPS) is 10.3. The first-order valence-corrected chi connectivity index (χ1v) is 3.33. The molecule has 54 valence electrons. The quantitative estimate of drug-likeness (QED) is 0.588. The molecule has 0 bridgehead atoms. The van der Waals surface area contributed by atoms with Crippen LogP contribution in [0.15, 0.2) is 18.6 Å². The summed E-state index contributed by atoms with van der Waals surface area (Å²) in [4.78, 5) is 15.7.